The van der Waals surface area contributed by atoms with E-state index < -0.39 is 58.3 Å². The Morgan fingerprint density at radius 3 is 2.63 bits per heavy atom. The molecule has 0 radical (unpaired) electrons. The first-order chi connectivity index (χ1) is 14.4. The van der Waals surface area contributed by atoms with Crippen molar-refractivity contribution in [1.82, 2.24) is 5.32 Å². The summed E-state index contributed by atoms with van der Waals surface area (Å²) in [5, 5.41) is 12.3. The maximum Gasteiger partial charge on any atom is 0.255 e. The first kappa shape index (κ1) is 19.5. The fraction of sp³-hybridized carbons (Fsp3) is 0.100. The zero-order valence-corrected chi connectivity index (χ0v) is 15.0. The quantitative estimate of drug-likeness (QED) is 0.448. The predicted molar refractivity (Wildman–Crippen MR) is 97.5 cm³/mol. The topological polar surface area (TPSA) is 82.9 Å². The van der Waals surface area contributed by atoms with Gasteiger partial charge < -0.3 is 10.6 Å². The van der Waals surface area contributed by atoms with Crippen LogP contribution in [0.25, 0.3) is 0 Å². The van der Waals surface area contributed by atoms with Crippen molar-refractivity contribution in [2.75, 3.05) is 5.32 Å². The van der Waals surface area contributed by atoms with Gasteiger partial charge in [0.05, 0.1) is 17.2 Å². The molecule has 30 heavy (non-hydrogen) atoms. The molecule has 2 N–H and O–H groups in total. The average Bonchev–Trinajstić information content (AvgIpc) is 3.16. The number of nitrogens with one attached hydrogen (secondary N) is 2. The van der Waals surface area contributed by atoms with Crippen molar-refractivity contribution < 1.29 is 27.2 Å². The Bertz CT molecular complexity index is 1160. The second kappa shape index (κ2) is 7.54. The van der Waals surface area contributed by atoms with Gasteiger partial charge in [0.2, 0.25) is 0 Å². The smallest absolute Gasteiger partial charge is 0.255 e. The number of azo groups is 1. The summed E-state index contributed by atoms with van der Waals surface area (Å²) >= 11 is 0. The third-order valence-corrected chi connectivity index (χ3v) is 4.64. The van der Waals surface area contributed by atoms with E-state index in [1.807, 2.05) is 5.32 Å². The number of fused-ring (bicyclic) bond motifs is 1. The molecule has 0 saturated heterocycles. The average molecular weight is 416 g/mol. The number of benzene rings is 2. The molecule has 4 rings (SSSR count). The van der Waals surface area contributed by atoms with Gasteiger partial charge in [-0.25, -0.2) is 17.6 Å². The molecular weight excluding hydrogens is 404 g/mol. The highest BCUT2D eigenvalue weighted by Crippen LogP contribution is 2.33. The Labute approximate surface area is 167 Å². The van der Waals surface area contributed by atoms with Crippen LogP contribution in [0.1, 0.15) is 20.7 Å². The third kappa shape index (κ3) is 3.36. The molecule has 0 bridgehead atoms. The minimum Gasteiger partial charge on any atom is -0.367 e. The molecule has 10 heteroatoms. The van der Waals surface area contributed by atoms with Gasteiger partial charge in [-0.3, -0.25) is 9.59 Å². The molecule has 2 aromatic rings. The van der Waals surface area contributed by atoms with Crippen LogP contribution in [0.2, 0.25) is 0 Å². The number of carbonyl (C=O) groups is 2. The van der Waals surface area contributed by atoms with E-state index in [-0.39, 0.29) is 11.1 Å². The molecule has 1 amide bonds. The highest BCUT2D eigenvalue weighted by atomic mass is 19.2. The van der Waals surface area contributed by atoms with Gasteiger partial charge >= 0.3 is 0 Å². The van der Waals surface area contributed by atoms with E-state index in [1.165, 1.54) is 30.6 Å². The van der Waals surface area contributed by atoms with Crippen LogP contribution in [-0.4, -0.2) is 17.9 Å². The molecule has 0 fully saturated rings. The van der Waals surface area contributed by atoms with Crippen molar-refractivity contribution in [3.05, 3.63) is 88.8 Å². The number of amides is 1. The molecule has 152 valence electrons. The summed E-state index contributed by atoms with van der Waals surface area (Å²) in [6.07, 6.45) is 3.48. The zero-order valence-electron chi connectivity index (χ0n) is 15.0. The van der Waals surface area contributed by atoms with Crippen LogP contribution >= 0.6 is 0 Å². The molecular formula is C20H12F4N4O2. The monoisotopic (exact) mass is 416 g/mol. The number of rotatable bonds is 4. The van der Waals surface area contributed by atoms with E-state index in [4.69, 9.17) is 0 Å². The van der Waals surface area contributed by atoms with E-state index in [0.717, 1.165) is 12.1 Å². The van der Waals surface area contributed by atoms with Gasteiger partial charge in [-0.05, 0) is 18.2 Å². The molecule has 2 heterocycles. The van der Waals surface area contributed by atoms with Crippen LogP contribution in [0.15, 0.2) is 64.6 Å². The second-order valence-electron chi connectivity index (χ2n) is 6.51. The van der Waals surface area contributed by atoms with Crippen LogP contribution in [0.3, 0.4) is 0 Å². The van der Waals surface area contributed by atoms with Crippen LogP contribution in [0, 0.1) is 29.2 Å². The van der Waals surface area contributed by atoms with Gasteiger partial charge in [0.15, 0.2) is 23.2 Å². The Morgan fingerprint density at radius 2 is 1.87 bits per heavy atom. The second-order valence-corrected chi connectivity index (χ2v) is 6.51. The Kier molecular flexibility index (Phi) is 4.90. The maximum absolute atomic E-state index is 15.0. The number of hydrogen-bond acceptors (Lipinski definition) is 5. The van der Waals surface area contributed by atoms with Gasteiger partial charge in [0.1, 0.15) is 12.0 Å². The summed E-state index contributed by atoms with van der Waals surface area (Å²) in [5.41, 5.74) is -2.13. The van der Waals surface area contributed by atoms with E-state index in [0.29, 0.717) is 6.07 Å². The lowest BCUT2D eigenvalue weighted by Gasteiger charge is -2.17. The van der Waals surface area contributed by atoms with Crippen LogP contribution in [0.5, 0.6) is 0 Å². The summed E-state index contributed by atoms with van der Waals surface area (Å²) < 4.78 is 56.8. The highest BCUT2D eigenvalue weighted by Gasteiger charge is 2.37. The summed E-state index contributed by atoms with van der Waals surface area (Å²) in [6, 6.07) is 4.91. The van der Waals surface area contributed by atoms with Gasteiger partial charge in [-0.2, -0.15) is 10.2 Å². The van der Waals surface area contributed by atoms with Gasteiger partial charge in [-0.1, -0.05) is 12.1 Å². The Morgan fingerprint density at radius 1 is 1.07 bits per heavy atom. The molecule has 2 aliphatic heterocycles. The van der Waals surface area contributed by atoms with Crippen molar-refractivity contribution in [1.29, 1.82) is 0 Å². The maximum atomic E-state index is 15.0. The Balaban J connectivity index is 1.69. The Hall–Kier alpha value is -3.82. The lowest BCUT2D eigenvalue weighted by molar-refractivity contribution is 0.100. The minimum atomic E-state index is -1.69. The lowest BCUT2D eigenvalue weighted by atomic mass is 9.91. The number of hydrogen-bond donors (Lipinski definition) is 2. The standard InChI is InChI=1S/C20H12F4N4O2/c21-10-3-1-2-9(6-10)20(30)27-14-7-13(22)16(23)15(17(14)24)18(29)12-8-25-19-11(12)4-5-26-28-19/h1-8,11,19,25H,(H,27,30). The summed E-state index contributed by atoms with van der Waals surface area (Å²) in [5.74, 6) is -8.08. The molecule has 2 unspecified atom stereocenters. The fourth-order valence-corrected chi connectivity index (χ4v) is 3.18. The molecule has 2 aliphatic rings. The van der Waals surface area contributed by atoms with Gasteiger partial charge in [-0.15, -0.1) is 0 Å². The van der Waals surface area contributed by atoms with E-state index >= 15 is 0 Å². The van der Waals surface area contributed by atoms with E-state index in [9.17, 15) is 27.2 Å². The number of halogens is 4. The molecule has 0 saturated carbocycles. The normalized spacial score (nSPS) is 19.1. The number of ketones is 1. The van der Waals surface area contributed by atoms with Crippen molar-refractivity contribution in [2.45, 2.75) is 6.17 Å². The lowest BCUT2D eigenvalue weighted by Crippen LogP contribution is -2.26. The fourth-order valence-electron chi connectivity index (χ4n) is 3.18. The van der Waals surface area contributed by atoms with Crippen LogP contribution in [-0.2, 0) is 0 Å². The summed E-state index contributed by atoms with van der Waals surface area (Å²) in [7, 11) is 0. The predicted octanol–water partition coefficient (Wildman–Crippen LogP) is 4.09. The number of anilines is 1. The van der Waals surface area contributed by atoms with E-state index in [2.05, 4.69) is 15.5 Å². The van der Waals surface area contributed by atoms with Crippen LogP contribution in [0.4, 0.5) is 23.2 Å². The summed E-state index contributed by atoms with van der Waals surface area (Å²) in [6.45, 7) is 0. The van der Waals surface area contributed by atoms with Gasteiger partial charge in [0.25, 0.3) is 5.91 Å². The van der Waals surface area contributed by atoms with Crippen molar-refractivity contribution >= 4 is 17.4 Å². The molecule has 2 aromatic carbocycles. The van der Waals surface area contributed by atoms with E-state index in [1.54, 1.807) is 0 Å². The zero-order chi connectivity index (χ0) is 21.4. The highest BCUT2D eigenvalue weighted by molar-refractivity contribution is 6.11. The first-order valence-electron chi connectivity index (χ1n) is 8.68. The number of carbonyl (C=O) groups excluding carboxylic acids is 2. The third-order valence-electron chi connectivity index (χ3n) is 4.64. The van der Waals surface area contributed by atoms with Crippen molar-refractivity contribution in [3.63, 3.8) is 0 Å². The molecule has 2 atom stereocenters. The number of Topliss-reactive ketones (excluding diaryl/α,β-unsaturated/α-hetero) is 1. The molecule has 0 spiro atoms. The first-order valence-corrected chi connectivity index (χ1v) is 8.68. The number of nitrogens with zero attached hydrogens (tertiary/aromatic N) is 2. The van der Waals surface area contributed by atoms with Crippen molar-refractivity contribution in [2.24, 2.45) is 16.1 Å². The van der Waals surface area contributed by atoms with Crippen molar-refractivity contribution in [3.8, 4) is 0 Å². The summed E-state index contributed by atoms with van der Waals surface area (Å²) in [4.78, 5) is 25.1. The minimum absolute atomic E-state index is 0.0410. The SMILES string of the molecule is O=C(Nc1cc(F)c(F)c(C(=O)C2=CNC3N=NC=CC23)c1F)c1cccc(F)c1. The molecule has 0 aliphatic carbocycles. The molecule has 6 nitrogen and oxygen atoms in total. The van der Waals surface area contributed by atoms with Crippen LogP contribution < -0.4 is 10.6 Å². The molecule has 0 aromatic heterocycles. The largest absolute Gasteiger partial charge is 0.367 e. The van der Waals surface area contributed by atoms with Gasteiger partial charge in [0, 0.05) is 29.6 Å².